The van der Waals surface area contributed by atoms with Crippen LogP contribution in [-0.4, -0.2) is 0 Å². The minimum atomic E-state index is -0.528. The van der Waals surface area contributed by atoms with Crippen LogP contribution >= 0.6 is 0 Å². The van der Waals surface area contributed by atoms with Gasteiger partial charge in [0.2, 0.25) is 5.69 Å². The van der Waals surface area contributed by atoms with E-state index < -0.39 is 5.89 Å². The fourth-order valence-electron chi connectivity index (χ4n) is 6.10. The number of nitrogens with zero attached hydrogens (tertiary/aromatic N) is 1. The number of rotatable bonds is 2. The molecule has 2 fully saturated rings. The van der Waals surface area contributed by atoms with Gasteiger partial charge in [0.25, 0.3) is 0 Å². The Hall–Kier alpha value is -2.61. The van der Waals surface area contributed by atoms with E-state index in [-0.39, 0.29) is 0 Å². The van der Waals surface area contributed by atoms with Crippen LogP contribution in [-0.2, 0) is 7.05 Å². The van der Waals surface area contributed by atoms with Crippen LogP contribution in [0.5, 0.6) is 0 Å². The Kier molecular flexibility index (Phi) is 3.98. The van der Waals surface area contributed by atoms with Gasteiger partial charge in [-0.2, -0.15) is 0 Å². The summed E-state index contributed by atoms with van der Waals surface area (Å²) >= 11 is 0. The summed E-state index contributed by atoms with van der Waals surface area (Å²) in [5.41, 5.74) is 6.49. The lowest BCUT2D eigenvalue weighted by atomic mass is 9.82. The second-order valence-electron chi connectivity index (χ2n) is 9.43. The van der Waals surface area contributed by atoms with Crippen molar-refractivity contribution in [2.45, 2.75) is 51.3 Å². The van der Waals surface area contributed by atoms with Crippen LogP contribution in [0, 0.1) is 18.8 Å². The summed E-state index contributed by atoms with van der Waals surface area (Å²) in [6, 6.07) is 17.1. The van der Waals surface area contributed by atoms with E-state index in [1.807, 2.05) is 0 Å². The lowest BCUT2D eigenvalue weighted by molar-refractivity contribution is -0.660. The molecule has 30 heavy (non-hydrogen) atoms. The maximum absolute atomic E-state index is 9.50. The first-order chi connectivity index (χ1) is 15.0. The molecule has 0 amide bonds. The van der Waals surface area contributed by atoms with Crippen molar-refractivity contribution >= 4 is 21.9 Å². The number of para-hydroxylation sites is 1. The number of aryl methyl sites for hydroxylation is 2. The highest BCUT2D eigenvalue weighted by Crippen LogP contribution is 2.51. The Bertz CT molecular complexity index is 1290. The van der Waals surface area contributed by atoms with Crippen LogP contribution < -0.4 is 4.57 Å². The molecule has 0 spiro atoms. The molecule has 6 rings (SSSR count). The van der Waals surface area contributed by atoms with E-state index in [4.69, 9.17) is 4.42 Å². The van der Waals surface area contributed by atoms with Gasteiger partial charge in [0.15, 0.2) is 6.20 Å². The highest BCUT2D eigenvalue weighted by atomic mass is 16.3. The number of aromatic nitrogens is 1. The maximum Gasteiger partial charge on any atom is 0.216 e. The van der Waals surface area contributed by atoms with Crippen molar-refractivity contribution in [2.75, 3.05) is 0 Å². The van der Waals surface area contributed by atoms with Gasteiger partial charge < -0.3 is 4.42 Å². The summed E-state index contributed by atoms with van der Waals surface area (Å²) in [5.74, 6) is 0.902. The molecule has 2 saturated carbocycles. The molecule has 2 heteroatoms. The Morgan fingerprint density at radius 2 is 1.67 bits per heavy atom. The Morgan fingerprint density at radius 1 is 0.900 bits per heavy atom. The van der Waals surface area contributed by atoms with E-state index in [2.05, 4.69) is 73.3 Å². The first kappa shape index (κ1) is 17.1. The molecule has 0 saturated heterocycles. The van der Waals surface area contributed by atoms with Crippen LogP contribution in [0.3, 0.4) is 0 Å². The number of benzene rings is 2. The highest BCUT2D eigenvalue weighted by Gasteiger charge is 2.37. The van der Waals surface area contributed by atoms with Crippen molar-refractivity contribution in [3.8, 4) is 11.3 Å². The molecule has 0 N–H and O–H groups in total. The van der Waals surface area contributed by atoms with Gasteiger partial charge in [-0.1, -0.05) is 56.0 Å². The molecular weight excluding hydrogens is 366 g/mol. The second kappa shape index (κ2) is 6.97. The third-order valence-corrected chi connectivity index (χ3v) is 7.65. The molecule has 4 aromatic rings. The minimum absolute atomic E-state index is 0.528. The fourth-order valence-corrected chi connectivity index (χ4v) is 6.10. The molecule has 0 radical (unpaired) electrons. The molecule has 2 heterocycles. The summed E-state index contributed by atoms with van der Waals surface area (Å²) in [7, 11) is 2.08. The molecule has 0 aliphatic heterocycles. The average Bonchev–Trinajstić information content (AvgIpc) is 3.31. The van der Waals surface area contributed by atoms with Gasteiger partial charge in [-0.25, -0.2) is 4.57 Å². The zero-order valence-electron chi connectivity index (χ0n) is 18.9. The van der Waals surface area contributed by atoms with E-state index in [1.54, 1.807) is 0 Å². The van der Waals surface area contributed by atoms with Crippen LogP contribution in [0.2, 0.25) is 0 Å². The van der Waals surface area contributed by atoms with Crippen molar-refractivity contribution in [3.05, 3.63) is 65.9 Å². The zero-order chi connectivity index (χ0) is 21.2. The van der Waals surface area contributed by atoms with Crippen molar-refractivity contribution in [1.29, 1.82) is 0 Å². The third kappa shape index (κ3) is 2.73. The summed E-state index contributed by atoms with van der Waals surface area (Å²) in [6.45, 7) is 2.16. The van der Waals surface area contributed by atoms with Gasteiger partial charge in [-0.3, -0.25) is 0 Å². The topological polar surface area (TPSA) is 17.0 Å². The fraction of sp³-hybridized carbons (Fsp3) is 0.393. The van der Waals surface area contributed by atoms with Crippen LogP contribution in [0.1, 0.15) is 56.9 Å². The number of hydrogen-bond donors (Lipinski definition) is 0. The predicted octanol–water partition coefficient (Wildman–Crippen LogP) is 7.07. The summed E-state index contributed by atoms with van der Waals surface area (Å²) in [6.07, 6.45) is 9.32. The highest BCUT2D eigenvalue weighted by molar-refractivity contribution is 6.10. The monoisotopic (exact) mass is 397 g/mol. The van der Waals surface area contributed by atoms with Gasteiger partial charge in [-0.05, 0) is 54.7 Å². The second-order valence-corrected chi connectivity index (χ2v) is 9.43. The maximum atomic E-state index is 9.50. The van der Waals surface area contributed by atoms with Gasteiger partial charge >= 0.3 is 0 Å². The summed E-state index contributed by atoms with van der Waals surface area (Å²) in [5, 5.41) is 2.30. The number of fused-ring (bicyclic) bond motifs is 4. The van der Waals surface area contributed by atoms with Gasteiger partial charge in [0.05, 0.1) is 5.56 Å². The molecule has 2 aliphatic rings. The molecule has 0 bridgehead atoms. The first-order valence-electron chi connectivity index (χ1n) is 12.0. The SMILES string of the molecule is [2H]C1(c2cccc3c2oc2c(-c4cccc[n+]4C)c(C)ccc23)CC2CCCCC2C1. The zero-order valence-corrected chi connectivity index (χ0v) is 17.9. The number of furan rings is 1. The van der Waals surface area contributed by atoms with Crippen molar-refractivity contribution in [3.63, 3.8) is 0 Å². The van der Waals surface area contributed by atoms with E-state index in [0.29, 0.717) is 11.8 Å². The Morgan fingerprint density at radius 3 is 2.43 bits per heavy atom. The standard InChI is InChI=1S/C28H30NO/c1-18-13-14-24-23-11-7-10-22(21-16-19-8-3-4-9-20(19)17-21)27(23)30-28(24)26(18)25-12-5-6-15-29(25)2/h5-7,10-15,19-21H,3-4,8-9,16-17H2,1-2H3/q+1/i21D. The normalized spacial score (nSPS) is 26.8. The summed E-state index contributed by atoms with van der Waals surface area (Å²) < 4.78 is 18.4. The Balaban J connectivity index is 1.58. The lowest BCUT2D eigenvalue weighted by Crippen LogP contribution is -2.30. The summed E-state index contributed by atoms with van der Waals surface area (Å²) in [4.78, 5) is 0. The minimum Gasteiger partial charge on any atom is -0.455 e. The quantitative estimate of drug-likeness (QED) is 0.331. The van der Waals surface area contributed by atoms with Gasteiger partial charge in [0, 0.05) is 24.3 Å². The van der Waals surface area contributed by atoms with Crippen molar-refractivity contribution < 1.29 is 10.4 Å². The predicted molar refractivity (Wildman–Crippen MR) is 122 cm³/mol. The van der Waals surface area contributed by atoms with E-state index in [9.17, 15) is 1.37 Å². The number of pyridine rings is 1. The molecule has 2 aromatic carbocycles. The Labute approximate surface area is 179 Å². The smallest absolute Gasteiger partial charge is 0.216 e. The molecule has 2 aromatic heterocycles. The third-order valence-electron chi connectivity index (χ3n) is 7.65. The van der Waals surface area contributed by atoms with Gasteiger partial charge in [-0.15, -0.1) is 0 Å². The van der Waals surface area contributed by atoms with Crippen molar-refractivity contribution in [1.82, 2.24) is 0 Å². The molecule has 152 valence electrons. The molecule has 2 aliphatic carbocycles. The molecular formula is C28H30NO+. The van der Waals surface area contributed by atoms with E-state index >= 15 is 0 Å². The lowest BCUT2D eigenvalue weighted by Gasteiger charge is -2.24. The average molecular weight is 398 g/mol. The molecule has 2 atom stereocenters. The van der Waals surface area contributed by atoms with Crippen LogP contribution in [0.15, 0.2) is 59.1 Å². The largest absolute Gasteiger partial charge is 0.455 e. The van der Waals surface area contributed by atoms with Crippen molar-refractivity contribution in [2.24, 2.45) is 18.9 Å². The first-order valence-corrected chi connectivity index (χ1v) is 11.5. The molecule has 2 unspecified atom stereocenters. The number of hydrogen-bond acceptors (Lipinski definition) is 1. The van der Waals surface area contributed by atoms with E-state index in [1.165, 1.54) is 31.2 Å². The van der Waals surface area contributed by atoms with Crippen LogP contribution in [0.25, 0.3) is 33.2 Å². The molecule has 2 nitrogen and oxygen atoms in total. The van der Waals surface area contributed by atoms with Crippen LogP contribution in [0.4, 0.5) is 0 Å². The van der Waals surface area contributed by atoms with E-state index in [0.717, 1.165) is 51.6 Å². The van der Waals surface area contributed by atoms with Gasteiger partial charge in [0.1, 0.15) is 18.2 Å².